The van der Waals surface area contributed by atoms with Crippen LogP contribution in [-0.2, 0) is 14.3 Å². The molecule has 0 saturated carbocycles. The topological polar surface area (TPSA) is 81.4 Å². The molecule has 1 fully saturated rings. The lowest BCUT2D eigenvalue weighted by molar-refractivity contribution is -0.142. The number of Topliss-reactive ketones (excluding diaryl/α,β-unsaturated/α-hetero) is 1. The number of esters is 1. The summed E-state index contributed by atoms with van der Waals surface area (Å²) in [7, 11) is 1.34. The first kappa shape index (κ1) is 15.5. The summed E-state index contributed by atoms with van der Waals surface area (Å²) in [6, 6.07) is -0.530. The molecular weight excluding hydrogens is 252 g/mol. The Morgan fingerprint density at radius 2 is 2.22 bits per heavy atom. The van der Waals surface area contributed by atoms with Gasteiger partial charge in [-0.2, -0.15) is 0 Å². The van der Waals surface area contributed by atoms with E-state index in [2.05, 4.69) is 10.1 Å². The predicted molar refractivity (Wildman–Crippen MR) is 72.3 cm³/mol. The summed E-state index contributed by atoms with van der Waals surface area (Å²) < 4.78 is 4.55. The van der Waals surface area contributed by atoms with Crippen molar-refractivity contribution in [2.24, 2.45) is 5.73 Å². The van der Waals surface area contributed by atoms with Crippen LogP contribution in [0.1, 0.15) is 32.1 Å². The van der Waals surface area contributed by atoms with E-state index in [1.807, 2.05) is 0 Å². The van der Waals surface area contributed by atoms with E-state index in [9.17, 15) is 9.59 Å². The number of rotatable bonds is 8. The third kappa shape index (κ3) is 5.37. The van der Waals surface area contributed by atoms with Gasteiger partial charge in [-0.25, -0.2) is 0 Å². The standard InChI is InChI=1S/C12H22N2O3S/c1-17-12(16)9(13)5-3-2-4-6-10(15)11-14-7-8-18-11/h9,11,14H,2-8,13H2,1H3/t9-,11?/m0/s1. The minimum Gasteiger partial charge on any atom is -0.468 e. The maximum atomic E-state index is 11.7. The van der Waals surface area contributed by atoms with Gasteiger partial charge < -0.3 is 10.5 Å². The quantitative estimate of drug-likeness (QED) is 0.500. The number of ketones is 1. The zero-order valence-corrected chi connectivity index (χ0v) is 11.6. The molecule has 3 N–H and O–H groups in total. The van der Waals surface area contributed by atoms with E-state index in [0.717, 1.165) is 31.6 Å². The van der Waals surface area contributed by atoms with E-state index < -0.39 is 6.04 Å². The number of hydrogen-bond donors (Lipinski definition) is 2. The van der Waals surface area contributed by atoms with Crippen molar-refractivity contribution in [3.63, 3.8) is 0 Å². The van der Waals surface area contributed by atoms with Crippen molar-refractivity contribution in [2.45, 2.75) is 43.5 Å². The van der Waals surface area contributed by atoms with Gasteiger partial charge in [0.1, 0.15) is 11.4 Å². The largest absolute Gasteiger partial charge is 0.468 e. The minimum atomic E-state index is -0.530. The molecule has 2 atom stereocenters. The second-order valence-corrected chi connectivity index (χ2v) is 5.61. The number of nitrogens with one attached hydrogen (secondary N) is 1. The lowest BCUT2D eigenvalue weighted by atomic mass is 10.1. The first-order valence-corrected chi connectivity index (χ1v) is 7.41. The lowest BCUT2D eigenvalue weighted by Gasteiger charge is -2.09. The Labute approximate surface area is 112 Å². The minimum absolute atomic E-state index is 0.00215. The molecule has 0 aromatic rings. The predicted octanol–water partition coefficient (Wildman–Crippen LogP) is 0.669. The van der Waals surface area contributed by atoms with Crippen molar-refractivity contribution < 1.29 is 14.3 Å². The number of nitrogens with two attached hydrogens (primary N) is 1. The highest BCUT2D eigenvalue weighted by atomic mass is 32.2. The highest BCUT2D eigenvalue weighted by Crippen LogP contribution is 2.17. The molecule has 6 heteroatoms. The molecule has 1 unspecified atom stereocenters. The molecule has 5 nitrogen and oxygen atoms in total. The Morgan fingerprint density at radius 3 is 2.83 bits per heavy atom. The third-order valence-corrected chi connectivity index (χ3v) is 4.15. The molecular formula is C12H22N2O3S. The highest BCUT2D eigenvalue weighted by molar-refractivity contribution is 8.00. The zero-order valence-electron chi connectivity index (χ0n) is 10.8. The number of carbonyl (C=O) groups is 2. The second kappa shape index (κ2) is 8.50. The Bertz CT molecular complexity index is 280. The van der Waals surface area contributed by atoms with Gasteiger partial charge in [-0.05, 0) is 12.8 Å². The van der Waals surface area contributed by atoms with E-state index >= 15 is 0 Å². The summed E-state index contributed by atoms with van der Waals surface area (Å²) in [4.78, 5) is 22.8. The van der Waals surface area contributed by atoms with E-state index in [-0.39, 0.29) is 17.1 Å². The van der Waals surface area contributed by atoms with Crippen molar-refractivity contribution in [3.8, 4) is 0 Å². The average molecular weight is 274 g/mol. The zero-order chi connectivity index (χ0) is 13.4. The van der Waals surface area contributed by atoms with Gasteiger partial charge in [-0.15, -0.1) is 11.8 Å². The Morgan fingerprint density at radius 1 is 1.44 bits per heavy atom. The number of hydrogen-bond acceptors (Lipinski definition) is 6. The maximum absolute atomic E-state index is 11.7. The van der Waals surface area contributed by atoms with Gasteiger partial charge in [0.05, 0.1) is 7.11 Å². The molecule has 0 bridgehead atoms. The summed E-state index contributed by atoms with van der Waals surface area (Å²) >= 11 is 1.68. The molecule has 0 aromatic carbocycles. The monoisotopic (exact) mass is 274 g/mol. The van der Waals surface area contributed by atoms with Crippen LogP contribution in [0.3, 0.4) is 0 Å². The van der Waals surface area contributed by atoms with Crippen LogP contribution in [0.5, 0.6) is 0 Å². The molecule has 0 spiro atoms. The van der Waals surface area contributed by atoms with Crippen molar-refractivity contribution in [2.75, 3.05) is 19.4 Å². The molecule has 1 saturated heterocycles. The van der Waals surface area contributed by atoms with Crippen molar-refractivity contribution in [1.82, 2.24) is 5.32 Å². The number of methoxy groups -OCH3 is 1. The van der Waals surface area contributed by atoms with Crippen LogP contribution in [0.4, 0.5) is 0 Å². The Balaban J connectivity index is 2.01. The number of ether oxygens (including phenoxy) is 1. The molecule has 1 aliphatic heterocycles. The molecule has 0 radical (unpaired) electrons. The second-order valence-electron chi connectivity index (χ2n) is 4.40. The van der Waals surface area contributed by atoms with Crippen LogP contribution in [0.2, 0.25) is 0 Å². The van der Waals surface area contributed by atoms with E-state index in [0.29, 0.717) is 12.8 Å². The molecule has 18 heavy (non-hydrogen) atoms. The fourth-order valence-corrected chi connectivity index (χ4v) is 2.88. The van der Waals surface area contributed by atoms with Crippen LogP contribution in [0.25, 0.3) is 0 Å². The molecule has 0 aliphatic carbocycles. The summed E-state index contributed by atoms with van der Waals surface area (Å²) in [5.41, 5.74) is 5.61. The summed E-state index contributed by atoms with van der Waals surface area (Å²) in [6.07, 6.45) is 3.88. The summed E-state index contributed by atoms with van der Waals surface area (Å²) in [5.74, 6) is 0.942. The van der Waals surface area contributed by atoms with Crippen molar-refractivity contribution >= 4 is 23.5 Å². The fourth-order valence-electron chi connectivity index (χ4n) is 1.87. The van der Waals surface area contributed by atoms with Gasteiger partial charge in [0, 0.05) is 18.7 Å². The lowest BCUT2D eigenvalue weighted by Crippen LogP contribution is -2.31. The highest BCUT2D eigenvalue weighted by Gasteiger charge is 2.21. The van der Waals surface area contributed by atoms with Gasteiger partial charge in [0.2, 0.25) is 0 Å². The van der Waals surface area contributed by atoms with Crippen molar-refractivity contribution in [1.29, 1.82) is 0 Å². The molecule has 1 rings (SSSR count). The van der Waals surface area contributed by atoms with Crippen LogP contribution in [0.15, 0.2) is 0 Å². The molecule has 0 amide bonds. The average Bonchev–Trinajstić information content (AvgIpc) is 2.90. The van der Waals surface area contributed by atoms with E-state index in [1.165, 1.54) is 7.11 Å². The van der Waals surface area contributed by atoms with E-state index in [1.54, 1.807) is 11.8 Å². The van der Waals surface area contributed by atoms with Gasteiger partial charge in [0.15, 0.2) is 5.78 Å². The molecule has 1 heterocycles. The van der Waals surface area contributed by atoms with Gasteiger partial charge in [-0.1, -0.05) is 12.8 Å². The first-order chi connectivity index (χ1) is 8.65. The van der Waals surface area contributed by atoms with Crippen LogP contribution in [-0.4, -0.2) is 42.6 Å². The van der Waals surface area contributed by atoms with E-state index in [4.69, 9.17) is 5.73 Å². The maximum Gasteiger partial charge on any atom is 0.322 e. The first-order valence-electron chi connectivity index (χ1n) is 6.36. The Hall–Kier alpha value is -0.590. The molecule has 0 aromatic heterocycles. The van der Waals surface area contributed by atoms with Gasteiger partial charge >= 0.3 is 5.97 Å². The van der Waals surface area contributed by atoms with Crippen molar-refractivity contribution in [3.05, 3.63) is 0 Å². The van der Waals surface area contributed by atoms with Gasteiger partial charge in [-0.3, -0.25) is 14.9 Å². The van der Waals surface area contributed by atoms with Crippen LogP contribution >= 0.6 is 11.8 Å². The molecule has 104 valence electrons. The Kier molecular flexibility index (Phi) is 7.31. The number of unbranched alkanes of at least 4 members (excludes halogenated alkanes) is 2. The van der Waals surface area contributed by atoms with Gasteiger partial charge in [0.25, 0.3) is 0 Å². The fraction of sp³-hybridized carbons (Fsp3) is 0.833. The smallest absolute Gasteiger partial charge is 0.322 e. The summed E-state index contributed by atoms with van der Waals surface area (Å²) in [6.45, 7) is 0.926. The number of carbonyl (C=O) groups excluding carboxylic acids is 2. The molecule has 1 aliphatic rings. The SMILES string of the molecule is COC(=O)[C@@H](N)CCCCCC(=O)C1NCCS1. The number of thioether (sulfide) groups is 1. The summed E-state index contributed by atoms with van der Waals surface area (Å²) in [5, 5.41) is 3.17. The third-order valence-electron chi connectivity index (χ3n) is 2.95. The normalized spacial score (nSPS) is 20.7. The van der Waals surface area contributed by atoms with Crippen LogP contribution in [0, 0.1) is 0 Å². The van der Waals surface area contributed by atoms with Crippen LogP contribution < -0.4 is 11.1 Å².